The number of halogens is 3. The molecular formula is C12H6Cl2FN3. The van der Waals surface area contributed by atoms with E-state index in [1.165, 1.54) is 24.3 Å². The Bertz CT molecular complexity index is 617. The average Bonchev–Trinajstić information content (AvgIpc) is 2.33. The first-order valence-corrected chi connectivity index (χ1v) is 5.64. The van der Waals surface area contributed by atoms with Crippen molar-refractivity contribution in [2.75, 3.05) is 5.32 Å². The highest BCUT2D eigenvalue weighted by molar-refractivity contribution is 6.33. The summed E-state index contributed by atoms with van der Waals surface area (Å²) < 4.78 is 13.5. The zero-order valence-electron chi connectivity index (χ0n) is 8.92. The van der Waals surface area contributed by atoms with Gasteiger partial charge in [-0.15, -0.1) is 0 Å². The Morgan fingerprint density at radius 3 is 2.72 bits per heavy atom. The van der Waals surface area contributed by atoms with E-state index in [0.717, 1.165) is 0 Å². The Morgan fingerprint density at radius 1 is 1.28 bits per heavy atom. The first-order valence-electron chi connectivity index (χ1n) is 4.89. The second-order valence-corrected chi connectivity index (χ2v) is 4.19. The molecule has 1 aromatic heterocycles. The fourth-order valence-corrected chi connectivity index (χ4v) is 1.79. The maximum Gasteiger partial charge on any atom is 0.148 e. The number of nitriles is 1. The van der Waals surface area contributed by atoms with E-state index in [1.807, 2.05) is 6.07 Å². The number of hydrogen-bond donors (Lipinski definition) is 1. The summed E-state index contributed by atoms with van der Waals surface area (Å²) in [6.07, 6.45) is 0. The molecule has 0 unspecified atom stereocenters. The summed E-state index contributed by atoms with van der Waals surface area (Å²) >= 11 is 11.6. The van der Waals surface area contributed by atoms with Gasteiger partial charge in [-0.2, -0.15) is 5.26 Å². The predicted molar refractivity (Wildman–Crippen MR) is 68.7 cm³/mol. The van der Waals surface area contributed by atoms with E-state index in [4.69, 9.17) is 28.5 Å². The molecule has 0 radical (unpaired) electrons. The number of hydrogen-bond acceptors (Lipinski definition) is 3. The number of benzene rings is 1. The molecule has 2 aromatic rings. The van der Waals surface area contributed by atoms with Crippen LogP contribution in [0, 0.1) is 17.1 Å². The molecule has 0 spiro atoms. The lowest BCUT2D eigenvalue weighted by Crippen LogP contribution is -1.98. The molecule has 2 rings (SSSR count). The fourth-order valence-electron chi connectivity index (χ4n) is 1.37. The summed E-state index contributed by atoms with van der Waals surface area (Å²) in [5.41, 5.74) is 0.419. The predicted octanol–water partition coefficient (Wildman–Crippen LogP) is 4.14. The quantitative estimate of drug-likeness (QED) is 0.842. The van der Waals surface area contributed by atoms with Crippen molar-refractivity contribution >= 4 is 34.7 Å². The summed E-state index contributed by atoms with van der Waals surface area (Å²) in [5, 5.41) is 11.9. The second kappa shape index (κ2) is 5.21. The minimum Gasteiger partial charge on any atom is -0.337 e. The Labute approximate surface area is 113 Å². The van der Waals surface area contributed by atoms with Crippen LogP contribution >= 0.6 is 23.2 Å². The maximum atomic E-state index is 13.5. The van der Waals surface area contributed by atoms with Crippen molar-refractivity contribution in [1.82, 2.24) is 4.98 Å². The Morgan fingerprint density at radius 2 is 2.06 bits per heavy atom. The lowest BCUT2D eigenvalue weighted by molar-refractivity contribution is 0.632. The molecule has 0 aliphatic heterocycles. The molecule has 6 heteroatoms. The lowest BCUT2D eigenvalue weighted by atomic mass is 10.2. The topological polar surface area (TPSA) is 48.7 Å². The van der Waals surface area contributed by atoms with Gasteiger partial charge in [0, 0.05) is 0 Å². The van der Waals surface area contributed by atoms with Gasteiger partial charge in [0.1, 0.15) is 16.8 Å². The van der Waals surface area contributed by atoms with Gasteiger partial charge in [0.2, 0.25) is 0 Å². The highest BCUT2D eigenvalue weighted by Crippen LogP contribution is 2.28. The number of rotatable bonds is 2. The Balaban J connectivity index is 2.40. The molecule has 0 aliphatic rings. The fraction of sp³-hybridized carbons (Fsp3) is 0. The monoisotopic (exact) mass is 281 g/mol. The van der Waals surface area contributed by atoms with Crippen LogP contribution in [0.5, 0.6) is 0 Å². The van der Waals surface area contributed by atoms with E-state index >= 15 is 0 Å². The van der Waals surface area contributed by atoms with E-state index in [-0.39, 0.29) is 21.7 Å². The van der Waals surface area contributed by atoms with Crippen molar-refractivity contribution in [1.29, 1.82) is 5.26 Å². The highest BCUT2D eigenvalue weighted by Gasteiger charge is 2.08. The molecular weight excluding hydrogens is 276 g/mol. The van der Waals surface area contributed by atoms with E-state index in [2.05, 4.69) is 10.3 Å². The van der Waals surface area contributed by atoms with Gasteiger partial charge in [-0.3, -0.25) is 0 Å². The molecule has 1 heterocycles. The highest BCUT2D eigenvalue weighted by atomic mass is 35.5. The van der Waals surface area contributed by atoms with Crippen LogP contribution in [-0.4, -0.2) is 4.98 Å². The number of aromatic nitrogens is 1. The van der Waals surface area contributed by atoms with Gasteiger partial charge >= 0.3 is 0 Å². The van der Waals surface area contributed by atoms with E-state index in [1.54, 1.807) is 6.07 Å². The van der Waals surface area contributed by atoms with Crippen molar-refractivity contribution in [2.24, 2.45) is 0 Å². The first-order chi connectivity index (χ1) is 8.60. The van der Waals surface area contributed by atoms with Crippen LogP contribution in [0.1, 0.15) is 5.56 Å². The molecule has 1 aromatic carbocycles. The number of nitrogens with zero attached hydrogens (tertiary/aromatic N) is 2. The molecule has 0 bridgehead atoms. The third-order valence-electron chi connectivity index (χ3n) is 2.14. The second-order valence-electron chi connectivity index (χ2n) is 3.40. The number of pyridine rings is 1. The van der Waals surface area contributed by atoms with E-state index < -0.39 is 5.82 Å². The van der Waals surface area contributed by atoms with Crippen LogP contribution in [0.25, 0.3) is 0 Å². The van der Waals surface area contributed by atoms with E-state index in [0.29, 0.717) is 5.56 Å². The van der Waals surface area contributed by atoms with Crippen molar-refractivity contribution in [3.63, 3.8) is 0 Å². The van der Waals surface area contributed by atoms with Crippen LogP contribution in [0.3, 0.4) is 0 Å². The zero-order valence-corrected chi connectivity index (χ0v) is 10.4. The minimum atomic E-state index is -0.511. The van der Waals surface area contributed by atoms with Crippen molar-refractivity contribution < 1.29 is 4.39 Å². The third kappa shape index (κ3) is 2.70. The van der Waals surface area contributed by atoms with Crippen LogP contribution in [-0.2, 0) is 0 Å². The molecule has 0 fully saturated rings. The van der Waals surface area contributed by atoms with Gasteiger partial charge in [-0.1, -0.05) is 29.3 Å². The molecule has 1 N–H and O–H groups in total. The smallest absolute Gasteiger partial charge is 0.148 e. The third-order valence-corrected chi connectivity index (χ3v) is 2.65. The molecule has 0 atom stereocenters. The lowest BCUT2D eigenvalue weighted by Gasteiger charge is -2.09. The molecule has 0 amide bonds. The Kier molecular flexibility index (Phi) is 3.66. The Hall–Kier alpha value is -1.83. The van der Waals surface area contributed by atoms with Gasteiger partial charge in [-0.25, -0.2) is 9.37 Å². The molecule has 90 valence electrons. The summed E-state index contributed by atoms with van der Waals surface area (Å²) in [6.45, 7) is 0. The molecule has 0 aliphatic carbocycles. The zero-order chi connectivity index (χ0) is 13.1. The largest absolute Gasteiger partial charge is 0.337 e. The van der Waals surface area contributed by atoms with Crippen LogP contribution in [0.2, 0.25) is 10.2 Å². The van der Waals surface area contributed by atoms with Gasteiger partial charge in [0.15, 0.2) is 0 Å². The summed E-state index contributed by atoms with van der Waals surface area (Å²) in [5.74, 6) is -0.256. The van der Waals surface area contributed by atoms with Gasteiger partial charge in [-0.05, 0) is 24.3 Å². The minimum absolute atomic E-state index is 0.0952. The average molecular weight is 282 g/mol. The summed E-state index contributed by atoms with van der Waals surface area (Å²) in [4.78, 5) is 3.94. The maximum absolute atomic E-state index is 13.5. The number of nitrogens with one attached hydrogen (secondary N) is 1. The standard InChI is InChI=1S/C12H6Cl2FN3/c13-8-2-1-3-9(15)12(8)18-11-5-7(6-16)4-10(14)17-11/h1-5H,(H,17,18). The van der Waals surface area contributed by atoms with E-state index in [9.17, 15) is 4.39 Å². The number of para-hydroxylation sites is 1. The van der Waals surface area contributed by atoms with Gasteiger partial charge in [0.25, 0.3) is 0 Å². The summed E-state index contributed by atoms with van der Waals surface area (Å²) in [6, 6.07) is 9.10. The SMILES string of the molecule is N#Cc1cc(Cl)nc(Nc2c(F)cccc2Cl)c1. The molecule has 0 saturated carbocycles. The van der Waals surface area contributed by atoms with Gasteiger partial charge in [0.05, 0.1) is 22.3 Å². The van der Waals surface area contributed by atoms with Crippen LogP contribution in [0.15, 0.2) is 30.3 Å². The first kappa shape index (κ1) is 12.6. The van der Waals surface area contributed by atoms with Crippen molar-refractivity contribution in [3.8, 4) is 6.07 Å². The molecule has 3 nitrogen and oxygen atoms in total. The van der Waals surface area contributed by atoms with Crippen molar-refractivity contribution in [2.45, 2.75) is 0 Å². The van der Waals surface area contributed by atoms with Crippen molar-refractivity contribution in [3.05, 3.63) is 51.9 Å². The normalized spacial score (nSPS) is 9.89. The number of anilines is 2. The molecule has 0 saturated heterocycles. The van der Waals surface area contributed by atoms with Crippen LogP contribution in [0.4, 0.5) is 15.9 Å². The summed E-state index contributed by atoms with van der Waals surface area (Å²) in [7, 11) is 0. The van der Waals surface area contributed by atoms with Crippen LogP contribution < -0.4 is 5.32 Å². The van der Waals surface area contributed by atoms with Gasteiger partial charge < -0.3 is 5.32 Å². The molecule has 18 heavy (non-hydrogen) atoms.